The van der Waals surface area contributed by atoms with Crippen molar-refractivity contribution in [1.29, 1.82) is 0 Å². The van der Waals surface area contributed by atoms with Crippen molar-refractivity contribution in [2.24, 2.45) is 0 Å². The Balaban J connectivity index is 2.10. The molecule has 0 amide bonds. The predicted octanol–water partition coefficient (Wildman–Crippen LogP) is 4.66. The number of anilines is 1. The summed E-state index contributed by atoms with van der Waals surface area (Å²) in [5, 5.41) is 4.18. The Kier molecular flexibility index (Phi) is 4.69. The van der Waals surface area contributed by atoms with Gasteiger partial charge in [0.25, 0.3) is 0 Å². The number of benzene rings is 2. The Morgan fingerprint density at radius 1 is 1.16 bits per heavy atom. The minimum atomic E-state index is 0.678. The lowest BCUT2D eigenvalue weighted by Crippen LogP contribution is -2.04. The zero-order valence-corrected chi connectivity index (χ0v) is 12.0. The van der Waals surface area contributed by atoms with Crippen LogP contribution in [0.4, 0.5) is 5.69 Å². The van der Waals surface area contributed by atoms with E-state index in [4.69, 9.17) is 16.3 Å². The fourth-order valence-corrected chi connectivity index (χ4v) is 2.19. The fraction of sp³-hybridized carbons (Fsp3) is 0.250. The Bertz CT molecular complexity index is 554. The van der Waals surface area contributed by atoms with Gasteiger partial charge in [0.1, 0.15) is 5.75 Å². The van der Waals surface area contributed by atoms with Gasteiger partial charge in [0.15, 0.2) is 0 Å². The minimum Gasteiger partial charge on any atom is -0.494 e. The first kappa shape index (κ1) is 13.8. The van der Waals surface area contributed by atoms with Crippen LogP contribution in [0.2, 0.25) is 5.02 Å². The standard InChI is InChI=1S/C16H18ClNO/c1-3-19-16-7-5-4-6-13(16)11-18-15-9-8-14(17)10-12(15)2/h4-10,18H,3,11H2,1-2H3. The van der Waals surface area contributed by atoms with E-state index in [1.807, 2.05) is 50.2 Å². The van der Waals surface area contributed by atoms with Crippen LogP contribution >= 0.6 is 11.6 Å². The van der Waals surface area contributed by atoms with Crippen molar-refractivity contribution in [2.75, 3.05) is 11.9 Å². The quantitative estimate of drug-likeness (QED) is 0.857. The first-order valence-corrected chi connectivity index (χ1v) is 6.79. The number of rotatable bonds is 5. The molecular formula is C16H18ClNO. The number of para-hydroxylation sites is 1. The lowest BCUT2D eigenvalue weighted by atomic mass is 10.1. The SMILES string of the molecule is CCOc1ccccc1CNc1ccc(Cl)cc1C. The zero-order chi connectivity index (χ0) is 13.7. The van der Waals surface area contributed by atoms with E-state index in [1.54, 1.807) is 0 Å². The van der Waals surface area contributed by atoms with Gasteiger partial charge in [-0.3, -0.25) is 0 Å². The molecule has 2 rings (SSSR count). The summed E-state index contributed by atoms with van der Waals surface area (Å²) < 4.78 is 5.61. The summed E-state index contributed by atoms with van der Waals surface area (Å²) >= 11 is 5.95. The van der Waals surface area contributed by atoms with Gasteiger partial charge < -0.3 is 10.1 Å². The average molecular weight is 276 g/mol. The Morgan fingerprint density at radius 2 is 1.95 bits per heavy atom. The van der Waals surface area contributed by atoms with Gasteiger partial charge >= 0.3 is 0 Å². The topological polar surface area (TPSA) is 21.3 Å². The molecule has 0 heterocycles. The van der Waals surface area contributed by atoms with E-state index < -0.39 is 0 Å². The van der Waals surface area contributed by atoms with Crippen LogP contribution in [0.1, 0.15) is 18.1 Å². The second-order valence-corrected chi connectivity index (χ2v) is 4.79. The van der Waals surface area contributed by atoms with Crippen molar-refractivity contribution in [2.45, 2.75) is 20.4 Å². The van der Waals surface area contributed by atoms with Gasteiger partial charge in [-0.25, -0.2) is 0 Å². The molecule has 3 heteroatoms. The monoisotopic (exact) mass is 275 g/mol. The molecule has 0 atom stereocenters. The molecule has 0 aromatic heterocycles. The van der Waals surface area contributed by atoms with Crippen molar-refractivity contribution in [3.8, 4) is 5.75 Å². The molecule has 0 aliphatic heterocycles. The molecule has 0 fully saturated rings. The third-order valence-corrected chi connectivity index (χ3v) is 3.17. The van der Waals surface area contributed by atoms with Gasteiger partial charge in [-0.2, -0.15) is 0 Å². The van der Waals surface area contributed by atoms with E-state index in [9.17, 15) is 0 Å². The molecule has 1 N–H and O–H groups in total. The maximum atomic E-state index is 5.95. The molecule has 0 saturated heterocycles. The maximum absolute atomic E-state index is 5.95. The summed E-state index contributed by atoms with van der Waals surface area (Å²) in [6, 6.07) is 13.9. The van der Waals surface area contributed by atoms with Crippen LogP contribution in [0.5, 0.6) is 5.75 Å². The largest absolute Gasteiger partial charge is 0.494 e. The smallest absolute Gasteiger partial charge is 0.124 e. The molecule has 2 aromatic rings. The van der Waals surface area contributed by atoms with E-state index in [2.05, 4.69) is 11.4 Å². The van der Waals surface area contributed by atoms with Crippen molar-refractivity contribution in [3.63, 3.8) is 0 Å². The summed E-state index contributed by atoms with van der Waals surface area (Å²) in [4.78, 5) is 0. The fourth-order valence-electron chi connectivity index (χ4n) is 1.96. The number of nitrogens with one attached hydrogen (secondary N) is 1. The molecule has 0 saturated carbocycles. The maximum Gasteiger partial charge on any atom is 0.124 e. The first-order valence-electron chi connectivity index (χ1n) is 6.41. The second-order valence-electron chi connectivity index (χ2n) is 4.35. The van der Waals surface area contributed by atoms with Crippen molar-refractivity contribution < 1.29 is 4.74 Å². The summed E-state index contributed by atoms with van der Waals surface area (Å²) in [5.74, 6) is 0.934. The second kappa shape index (κ2) is 6.48. The highest BCUT2D eigenvalue weighted by atomic mass is 35.5. The molecule has 2 nitrogen and oxygen atoms in total. The molecule has 0 unspecified atom stereocenters. The third kappa shape index (κ3) is 3.65. The van der Waals surface area contributed by atoms with E-state index >= 15 is 0 Å². The van der Waals surface area contributed by atoms with Gasteiger partial charge in [0.05, 0.1) is 6.61 Å². The highest BCUT2D eigenvalue weighted by Crippen LogP contribution is 2.23. The van der Waals surface area contributed by atoms with Crippen LogP contribution in [-0.2, 0) is 6.54 Å². The molecule has 0 aliphatic rings. The van der Waals surface area contributed by atoms with E-state index in [-0.39, 0.29) is 0 Å². The molecule has 0 radical (unpaired) electrons. The predicted molar refractivity (Wildman–Crippen MR) is 81.1 cm³/mol. The van der Waals surface area contributed by atoms with Gasteiger partial charge in [-0.1, -0.05) is 29.8 Å². The van der Waals surface area contributed by atoms with Crippen LogP contribution < -0.4 is 10.1 Å². The first-order chi connectivity index (χ1) is 9.20. The summed E-state index contributed by atoms with van der Waals surface area (Å²) in [5.41, 5.74) is 3.38. The van der Waals surface area contributed by atoms with Gasteiger partial charge in [0.2, 0.25) is 0 Å². The number of aryl methyl sites for hydroxylation is 1. The zero-order valence-electron chi connectivity index (χ0n) is 11.2. The summed E-state index contributed by atoms with van der Waals surface area (Å²) in [6.07, 6.45) is 0. The minimum absolute atomic E-state index is 0.678. The van der Waals surface area contributed by atoms with Crippen molar-refractivity contribution >= 4 is 17.3 Å². The lowest BCUT2D eigenvalue weighted by molar-refractivity contribution is 0.337. The summed E-state index contributed by atoms with van der Waals surface area (Å²) in [6.45, 7) is 5.45. The highest BCUT2D eigenvalue weighted by molar-refractivity contribution is 6.30. The van der Waals surface area contributed by atoms with E-state index in [0.717, 1.165) is 34.1 Å². The Labute approximate surface area is 119 Å². The number of hydrogen-bond donors (Lipinski definition) is 1. The van der Waals surface area contributed by atoms with Crippen LogP contribution in [0.15, 0.2) is 42.5 Å². The normalized spacial score (nSPS) is 10.3. The third-order valence-electron chi connectivity index (χ3n) is 2.93. The van der Waals surface area contributed by atoms with Crippen LogP contribution in [0.3, 0.4) is 0 Å². The van der Waals surface area contributed by atoms with Crippen LogP contribution in [-0.4, -0.2) is 6.61 Å². The molecule has 100 valence electrons. The molecule has 0 bridgehead atoms. The van der Waals surface area contributed by atoms with Crippen molar-refractivity contribution in [3.05, 3.63) is 58.6 Å². The van der Waals surface area contributed by atoms with E-state index in [0.29, 0.717) is 6.61 Å². The van der Waals surface area contributed by atoms with Crippen LogP contribution in [0, 0.1) is 6.92 Å². The van der Waals surface area contributed by atoms with Gasteiger partial charge in [-0.15, -0.1) is 0 Å². The van der Waals surface area contributed by atoms with Crippen molar-refractivity contribution in [1.82, 2.24) is 0 Å². The van der Waals surface area contributed by atoms with Gasteiger partial charge in [0, 0.05) is 22.8 Å². The van der Waals surface area contributed by atoms with E-state index in [1.165, 1.54) is 0 Å². The number of hydrogen-bond acceptors (Lipinski definition) is 2. The molecule has 19 heavy (non-hydrogen) atoms. The number of halogens is 1. The average Bonchev–Trinajstić information content (AvgIpc) is 2.40. The highest BCUT2D eigenvalue weighted by Gasteiger charge is 2.03. The van der Waals surface area contributed by atoms with Crippen LogP contribution in [0.25, 0.3) is 0 Å². The molecule has 0 aliphatic carbocycles. The number of ether oxygens (including phenoxy) is 1. The Morgan fingerprint density at radius 3 is 2.68 bits per heavy atom. The molecular weight excluding hydrogens is 258 g/mol. The lowest BCUT2D eigenvalue weighted by Gasteiger charge is -2.13. The molecule has 0 spiro atoms. The molecule has 2 aromatic carbocycles. The Hall–Kier alpha value is -1.67. The summed E-state index contributed by atoms with van der Waals surface area (Å²) in [7, 11) is 0. The van der Waals surface area contributed by atoms with Gasteiger partial charge in [-0.05, 0) is 43.7 Å².